The predicted octanol–water partition coefficient (Wildman–Crippen LogP) is 3.87. The minimum Gasteiger partial charge on any atom is -0.263 e. The Kier molecular flexibility index (Phi) is 2.89. The van der Waals surface area contributed by atoms with Crippen LogP contribution in [0.2, 0.25) is 0 Å². The van der Waals surface area contributed by atoms with E-state index < -0.39 is 0 Å². The molecule has 3 nitrogen and oxygen atoms in total. The van der Waals surface area contributed by atoms with E-state index in [4.69, 9.17) is 0 Å². The van der Waals surface area contributed by atoms with Crippen molar-refractivity contribution in [2.24, 2.45) is 4.99 Å². The summed E-state index contributed by atoms with van der Waals surface area (Å²) >= 11 is 0. The van der Waals surface area contributed by atoms with Crippen LogP contribution in [-0.2, 0) is 4.79 Å². The van der Waals surface area contributed by atoms with Crippen molar-refractivity contribution >= 4 is 22.5 Å². The average Bonchev–Trinajstić information content (AvgIpc) is 2.48. The van der Waals surface area contributed by atoms with Crippen LogP contribution in [0, 0.1) is 0 Å². The number of nitrogens with zero attached hydrogens (tertiary/aromatic N) is 2. The summed E-state index contributed by atoms with van der Waals surface area (Å²) in [6.07, 6.45) is 5.23. The van der Waals surface area contributed by atoms with Gasteiger partial charge in [-0.1, -0.05) is 36.4 Å². The van der Waals surface area contributed by atoms with Crippen LogP contribution < -0.4 is 0 Å². The monoisotopic (exact) mass is 246 g/mol. The molecule has 0 amide bonds. The highest BCUT2D eigenvalue weighted by Crippen LogP contribution is 2.28. The Morgan fingerprint density at radius 2 is 1.74 bits per heavy atom. The fourth-order valence-electron chi connectivity index (χ4n) is 2.11. The van der Waals surface area contributed by atoms with E-state index in [2.05, 4.69) is 16.0 Å². The number of isocyanates is 1. The van der Waals surface area contributed by atoms with Crippen LogP contribution in [0.4, 0.5) is 5.69 Å². The molecule has 1 aromatic heterocycles. The molecule has 2 aromatic carbocycles. The minimum atomic E-state index is 0.604. The number of pyridine rings is 1. The summed E-state index contributed by atoms with van der Waals surface area (Å²) in [5, 5.41) is 2.26. The molecule has 0 fully saturated rings. The lowest BCUT2D eigenvalue weighted by molar-refractivity contribution is 0.565. The quantitative estimate of drug-likeness (QED) is 0.509. The van der Waals surface area contributed by atoms with Crippen LogP contribution in [0.25, 0.3) is 21.9 Å². The highest BCUT2D eigenvalue weighted by Gasteiger charge is 2.03. The van der Waals surface area contributed by atoms with Crippen LogP contribution >= 0.6 is 0 Å². The minimum absolute atomic E-state index is 0.604. The van der Waals surface area contributed by atoms with Crippen LogP contribution in [0.5, 0.6) is 0 Å². The van der Waals surface area contributed by atoms with E-state index in [9.17, 15) is 4.79 Å². The molecular formula is C16H10N2O. The normalized spacial score (nSPS) is 10.1. The Hall–Kier alpha value is -2.77. The van der Waals surface area contributed by atoms with E-state index in [1.807, 2.05) is 42.7 Å². The zero-order chi connectivity index (χ0) is 13.1. The fraction of sp³-hybridized carbons (Fsp3) is 0. The third kappa shape index (κ3) is 2.15. The van der Waals surface area contributed by atoms with Gasteiger partial charge < -0.3 is 0 Å². The molecular weight excluding hydrogens is 236 g/mol. The summed E-state index contributed by atoms with van der Waals surface area (Å²) < 4.78 is 0. The molecule has 0 saturated carbocycles. The molecule has 0 aliphatic rings. The lowest BCUT2D eigenvalue weighted by Gasteiger charge is -2.06. The average molecular weight is 246 g/mol. The van der Waals surface area contributed by atoms with Gasteiger partial charge in [-0.2, -0.15) is 4.99 Å². The number of aromatic nitrogens is 1. The molecule has 0 saturated heterocycles. The number of hydrogen-bond acceptors (Lipinski definition) is 3. The summed E-state index contributed by atoms with van der Waals surface area (Å²) in [6, 6.07) is 15.6. The van der Waals surface area contributed by atoms with Crippen molar-refractivity contribution in [3.8, 4) is 11.1 Å². The topological polar surface area (TPSA) is 42.3 Å². The molecule has 1 heterocycles. The predicted molar refractivity (Wildman–Crippen MR) is 75.0 cm³/mol. The maximum Gasteiger partial charge on any atom is 0.240 e. The number of carbonyl (C=O) groups excluding carboxylic acids is 1. The summed E-state index contributed by atoms with van der Waals surface area (Å²) in [6.45, 7) is 0. The lowest BCUT2D eigenvalue weighted by Crippen LogP contribution is -1.83. The molecule has 0 atom stereocenters. The largest absolute Gasteiger partial charge is 0.263 e. The Morgan fingerprint density at radius 3 is 2.53 bits per heavy atom. The van der Waals surface area contributed by atoms with Crippen molar-refractivity contribution in [3.05, 3.63) is 60.9 Å². The number of benzene rings is 2. The number of aliphatic imine (C=N–C) groups is 1. The first-order valence-corrected chi connectivity index (χ1v) is 5.89. The second kappa shape index (κ2) is 4.84. The number of rotatable bonds is 2. The maximum absolute atomic E-state index is 10.2. The molecule has 0 aliphatic carbocycles. The van der Waals surface area contributed by atoms with Gasteiger partial charge in [0.2, 0.25) is 6.08 Å². The van der Waals surface area contributed by atoms with Crippen LogP contribution in [-0.4, -0.2) is 11.1 Å². The van der Waals surface area contributed by atoms with Crippen molar-refractivity contribution in [3.63, 3.8) is 0 Å². The van der Waals surface area contributed by atoms with E-state index in [0.29, 0.717) is 5.69 Å². The zero-order valence-electron chi connectivity index (χ0n) is 10.1. The standard InChI is InChI=1S/C16H10N2O/c19-11-18-14-7-5-12(6-8-14)16-10-17-9-13-3-1-2-4-15(13)16/h1-10H. The van der Waals surface area contributed by atoms with E-state index in [-0.39, 0.29) is 0 Å². The summed E-state index contributed by atoms with van der Waals surface area (Å²) in [7, 11) is 0. The Labute approximate surface area is 110 Å². The molecule has 90 valence electrons. The van der Waals surface area contributed by atoms with Crippen molar-refractivity contribution in [2.45, 2.75) is 0 Å². The molecule has 19 heavy (non-hydrogen) atoms. The molecule has 0 bridgehead atoms. The Bertz CT molecular complexity index is 767. The molecule has 0 spiro atoms. The maximum atomic E-state index is 10.2. The second-order valence-corrected chi connectivity index (χ2v) is 4.16. The molecule has 0 unspecified atom stereocenters. The third-order valence-corrected chi connectivity index (χ3v) is 3.02. The zero-order valence-corrected chi connectivity index (χ0v) is 10.1. The van der Waals surface area contributed by atoms with Crippen molar-refractivity contribution in [1.82, 2.24) is 4.98 Å². The van der Waals surface area contributed by atoms with Crippen LogP contribution in [0.1, 0.15) is 0 Å². The van der Waals surface area contributed by atoms with Crippen LogP contribution in [0.15, 0.2) is 65.9 Å². The molecule has 0 aliphatic heterocycles. The first-order chi connectivity index (χ1) is 9.38. The highest BCUT2D eigenvalue weighted by atomic mass is 16.1. The molecule has 0 N–H and O–H groups in total. The van der Waals surface area contributed by atoms with Gasteiger partial charge in [-0.05, 0) is 23.1 Å². The van der Waals surface area contributed by atoms with E-state index >= 15 is 0 Å². The van der Waals surface area contributed by atoms with E-state index in [0.717, 1.165) is 21.9 Å². The van der Waals surface area contributed by atoms with Crippen molar-refractivity contribution in [2.75, 3.05) is 0 Å². The summed E-state index contributed by atoms with van der Waals surface area (Å²) in [5.41, 5.74) is 2.72. The highest BCUT2D eigenvalue weighted by molar-refractivity contribution is 5.95. The van der Waals surface area contributed by atoms with Gasteiger partial charge in [0.25, 0.3) is 0 Å². The smallest absolute Gasteiger partial charge is 0.240 e. The van der Waals surface area contributed by atoms with Gasteiger partial charge >= 0.3 is 0 Å². The van der Waals surface area contributed by atoms with E-state index in [1.165, 1.54) is 6.08 Å². The summed E-state index contributed by atoms with van der Waals surface area (Å²) in [4.78, 5) is 18.0. The van der Waals surface area contributed by atoms with Gasteiger partial charge in [-0.15, -0.1) is 0 Å². The van der Waals surface area contributed by atoms with Crippen molar-refractivity contribution < 1.29 is 4.79 Å². The molecule has 3 heteroatoms. The summed E-state index contributed by atoms with van der Waals surface area (Å²) in [5.74, 6) is 0. The van der Waals surface area contributed by atoms with Gasteiger partial charge in [-0.25, -0.2) is 4.79 Å². The first kappa shape index (κ1) is 11.3. The lowest BCUT2D eigenvalue weighted by atomic mass is 10.0. The molecule has 3 aromatic rings. The third-order valence-electron chi connectivity index (χ3n) is 3.02. The van der Waals surface area contributed by atoms with Gasteiger partial charge in [0, 0.05) is 23.3 Å². The number of fused-ring (bicyclic) bond motifs is 1. The van der Waals surface area contributed by atoms with Gasteiger partial charge in [-0.3, -0.25) is 4.98 Å². The Balaban J connectivity index is 2.16. The van der Waals surface area contributed by atoms with Gasteiger partial charge in [0.05, 0.1) is 5.69 Å². The fourth-order valence-corrected chi connectivity index (χ4v) is 2.11. The Morgan fingerprint density at radius 1 is 0.947 bits per heavy atom. The first-order valence-electron chi connectivity index (χ1n) is 5.89. The van der Waals surface area contributed by atoms with Gasteiger partial charge in [0.1, 0.15) is 0 Å². The van der Waals surface area contributed by atoms with Crippen LogP contribution in [0.3, 0.4) is 0 Å². The molecule has 3 rings (SSSR count). The van der Waals surface area contributed by atoms with Crippen molar-refractivity contribution in [1.29, 1.82) is 0 Å². The molecule has 0 radical (unpaired) electrons. The number of hydrogen-bond donors (Lipinski definition) is 0. The second-order valence-electron chi connectivity index (χ2n) is 4.16. The van der Waals surface area contributed by atoms with E-state index in [1.54, 1.807) is 12.1 Å². The van der Waals surface area contributed by atoms with Gasteiger partial charge in [0.15, 0.2) is 0 Å². The SMILES string of the molecule is O=C=Nc1ccc(-c2cncc3ccccc23)cc1.